The van der Waals surface area contributed by atoms with Gasteiger partial charge in [-0.1, -0.05) is 29.8 Å². The van der Waals surface area contributed by atoms with Gasteiger partial charge in [-0.15, -0.1) is 0 Å². The molecule has 134 valence electrons. The summed E-state index contributed by atoms with van der Waals surface area (Å²) in [6.07, 6.45) is 0. The van der Waals surface area contributed by atoms with E-state index in [1.807, 2.05) is 18.2 Å². The average Bonchev–Trinajstić information content (AvgIpc) is 3.17. The van der Waals surface area contributed by atoms with Gasteiger partial charge in [-0.2, -0.15) is 0 Å². The van der Waals surface area contributed by atoms with E-state index in [1.165, 1.54) is 0 Å². The van der Waals surface area contributed by atoms with Crippen molar-refractivity contribution in [2.24, 2.45) is 0 Å². The monoisotopic (exact) mass is 372 g/mol. The van der Waals surface area contributed by atoms with Crippen LogP contribution in [0.5, 0.6) is 11.5 Å². The number of nitrogens with zero attached hydrogens (tertiary/aromatic N) is 2. The molecule has 1 saturated heterocycles. The van der Waals surface area contributed by atoms with Crippen LogP contribution < -0.4 is 9.47 Å². The van der Waals surface area contributed by atoms with Crippen LogP contribution in [-0.4, -0.2) is 54.6 Å². The molecule has 2 aliphatic rings. The van der Waals surface area contributed by atoms with Crippen molar-refractivity contribution >= 4 is 23.4 Å². The molecule has 0 saturated carbocycles. The molecular weight excluding hydrogens is 356 g/mol. The number of hydrogen-bond donors (Lipinski definition) is 0. The second-order valence-corrected chi connectivity index (χ2v) is 6.55. The van der Waals surface area contributed by atoms with Gasteiger partial charge in [0, 0.05) is 37.3 Å². The first-order valence-electron chi connectivity index (χ1n) is 8.36. The molecule has 2 aliphatic heterocycles. The van der Waals surface area contributed by atoms with Gasteiger partial charge in [-0.05, 0) is 24.3 Å². The molecule has 6 nitrogen and oxygen atoms in total. The zero-order valence-corrected chi connectivity index (χ0v) is 14.7. The fraction of sp³-hybridized carbons (Fsp3) is 0.263. The lowest BCUT2D eigenvalue weighted by Crippen LogP contribution is -2.50. The third-order valence-corrected chi connectivity index (χ3v) is 4.83. The van der Waals surface area contributed by atoms with Crippen molar-refractivity contribution < 1.29 is 19.1 Å². The number of ether oxygens (including phenoxy) is 2. The number of piperazine rings is 1. The van der Waals surface area contributed by atoms with E-state index in [-0.39, 0.29) is 18.6 Å². The molecular formula is C19H17ClN2O4. The number of halogens is 1. The number of hydrogen-bond acceptors (Lipinski definition) is 4. The van der Waals surface area contributed by atoms with E-state index in [0.29, 0.717) is 53.8 Å². The molecule has 2 aromatic carbocycles. The van der Waals surface area contributed by atoms with Gasteiger partial charge in [-0.25, -0.2) is 0 Å². The number of carbonyl (C=O) groups is 2. The number of amides is 2. The van der Waals surface area contributed by atoms with Crippen LogP contribution in [0.1, 0.15) is 20.7 Å². The fourth-order valence-electron chi connectivity index (χ4n) is 3.15. The highest BCUT2D eigenvalue weighted by atomic mass is 35.5. The molecule has 0 aromatic heterocycles. The van der Waals surface area contributed by atoms with Gasteiger partial charge in [-0.3, -0.25) is 9.59 Å². The van der Waals surface area contributed by atoms with Crippen LogP contribution in [0.4, 0.5) is 0 Å². The van der Waals surface area contributed by atoms with Gasteiger partial charge in [0.05, 0.1) is 5.02 Å². The minimum atomic E-state index is -0.128. The van der Waals surface area contributed by atoms with E-state index < -0.39 is 0 Å². The minimum absolute atomic E-state index is 0.0103. The van der Waals surface area contributed by atoms with Crippen molar-refractivity contribution in [1.29, 1.82) is 0 Å². The van der Waals surface area contributed by atoms with Gasteiger partial charge in [0.25, 0.3) is 11.8 Å². The van der Waals surface area contributed by atoms with Crippen molar-refractivity contribution in [1.82, 2.24) is 9.80 Å². The Morgan fingerprint density at radius 3 is 2.12 bits per heavy atom. The molecule has 0 unspecified atom stereocenters. The molecule has 2 heterocycles. The van der Waals surface area contributed by atoms with Crippen molar-refractivity contribution in [3.8, 4) is 11.5 Å². The van der Waals surface area contributed by atoms with E-state index in [1.54, 1.807) is 34.1 Å². The van der Waals surface area contributed by atoms with Gasteiger partial charge in [0.1, 0.15) is 0 Å². The summed E-state index contributed by atoms with van der Waals surface area (Å²) in [4.78, 5) is 28.8. The summed E-state index contributed by atoms with van der Waals surface area (Å²) in [6, 6.07) is 12.4. The second-order valence-electron chi connectivity index (χ2n) is 6.14. The highest BCUT2D eigenvalue weighted by Crippen LogP contribution is 2.40. The Bertz CT molecular complexity index is 848. The van der Waals surface area contributed by atoms with Crippen LogP contribution in [0.15, 0.2) is 42.5 Å². The van der Waals surface area contributed by atoms with Gasteiger partial charge >= 0.3 is 0 Å². The van der Waals surface area contributed by atoms with Crippen LogP contribution >= 0.6 is 11.6 Å². The molecule has 0 spiro atoms. The zero-order valence-electron chi connectivity index (χ0n) is 14.0. The molecule has 0 atom stereocenters. The topological polar surface area (TPSA) is 59.1 Å². The summed E-state index contributed by atoms with van der Waals surface area (Å²) >= 11 is 6.16. The molecule has 4 rings (SSSR count). The van der Waals surface area contributed by atoms with E-state index in [9.17, 15) is 9.59 Å². The predicted molar refractivity (Wildman–Crippen MR) is 95.8 cm³/mol. The summed E-state index contributed by atoms with van der Waals surface area (Å²) in [5.41, 5.74) is 1.12. The number of carbonyl (C=O) groups excluding carboxylic acids is 2. The summed E-state index contributed by atoms with van der Waals surface area (Å²) < 4.78 is 10.6. The Labute approximate surface area is 155 Å². The third-order valence-electron chi connectivity index (χ3n) is 4.55. The fourth-order valence-corrected chi connectivity index (χ4v) is 3.41. The van der Waals surface area contributed by atoms with Gasteiger partial charge < -0.3 is 19.3 Å². The minimum Gasteiger partial charge on any atom is -0.454 e. The van der Waals surface area contributed by atoms with Gasteiger partial charge in [0.15, 0.2) is 11.5 Å². The molecule has 2 amide bonds. The number of rotatable bonds is 2. The maximum Gasteiger partial charge on any atom is 0.254 e. The first-order chi connectivity index (χ1) is 12.6. The second kappa shape index (κ2) is 6.88. The smallest absolute Gasteiger partial charge is 0.254 e. The maximum atomic E-state index is 12.8. The Balaban J connectivity index is 1.43. The Morgan fingerprint density at radius 2 is 1.46 bits per heavy atom. The first kappa shape index (κ1) is 16.7. The lowest BCUT2D eigenvalue weighted by atomic mass is 10.1. The molecule has 0 bridgehead atoms. The SMILES string of the molecule is O=C(c1ccccc1)N1CCN(C(=O)c2cc(Cl)c3c(c2)OCO3)CC1. The molecule has 7 heteroatoms. The van der Waals surface area contributed by atoms with Crippen LogP contribution in [0.3, 0.4) is 0 Å². The largest absolute Gasteiger partial charge is 0.454 e. The average molecular weight is 373 g/mol. The van der Waals surface area contributed by atoms with Crippen LogP contribution in [-0.2, 0) is 0 Å². The zero-order chi connectivity index (χ0) is 18.1. The van der Waals surface area contributed by atoms with Crippen LogP contribution in [0.2, 0.25) is 5.02 Å². The van der Waals surface area contributed by atoms with Crippen LogP contribution in [0.25, 0.3) is 0 Å². The van der Waals surface area contributed by atoms with E-state index in [4.69, 9.17) is 21.1 Å². The summed E-state index contributed by atoms with van der Waals surface area (Å²) in [5.74, 6) is 0.820. The maximum absolute atomic E-state index is 12.8. The quantitative estimate of drug-likeness (QED) is 0.813. The van der Waals surface area contributed by atoms with Crippen molar-refractivity contribution in [2.75, 3.05) is 33.0 Å². The van der Waals surface area contributed by atoms with E-state index in [0.717, 1.165) is 0 Å². The highest BCUT2D eigenvalue weighted by molar-refractivity contribution is 6.32. The van der Waals surface area contributed by atoms with Crippen molar-refractivity contribution in [3.63, 3.8) is 0 Å². The third kappa shape index (κ3) is 3.08. The Hall–Kier alpha value is -2.73. The highest BCUT2D eigenvalue weighted by Gasteiger charge is 2.27. The molecule has 0 aliphatic carbocycles. The Kier molecular flexibility index (Phi) is 4.42. The van der Waals surface area contributed by atoms with Gasteiger partial charge in [0.2, 0.25) is 6.79 Å². The summed E-state index contributed by atoms with van der Waals surface area (Å²) in [7, 11) is 0. The first-order valence-corrected chi connectivity index (χ1v) is 8.74. The summed E-state index contributed by atoms with van der Waals surface area (Å²) in [6.45, 7) is 2.05. The molecule has 2 aromatic rings. The number of fused-ring (bicyclic) bond motifs is 1. The lowest BCUT2D eigenvalue weighted by molar-refractivity contribution is 0.0535. The summed E-state index contributed by atoms with van der Waals surface area (Å²) in [5, 5.41) is 0.362. The van der Waals surface area contributed by atoms with Crippen molar-refractivity contribution in [2.45, 2.75) is 0 Å². The Morgan fingerprint density at radius 1 is 0.846 bits per heavy atom. The molecule has 0 radical (unpaired) electrons. The van der Waals surface area contributed by atoms with Crippen LogP contribution in [0, 0.1) is 0 Å². The normalized spacial score (nSPS) is 15.9. The van der Waals surface area contributed by atoms with E-state index in [2.05, 4.69) is 0 Å². The lowest BCUT2D eigenvalue weighted by Gasteiger charge is -2.35. The molecule has 0 N–H and O–H groups in total. The van der Waals surface area contributed by atoms with E-state index >= 15 is 0 Å². The molecule has 1 fully saturated rings. The number of benzene rings is 2. The molecule has 26 heavy (non-hydrogen) atoms. The predicted octanol–water partition coefficient (Wildman–Crippen LogP) is 2.67. The standard InChI is InChI=1S/C19H17ClN2O4/c20-15-10-14(11-16-17(15)26-12-25-16)19(24)22-8-6-21(7-9-22)18(23)13-4-2-1-3-5-13/h1-5,10-11H,6-9,12H2. The van der Waals surface area contributed by atoms with Crippen molar-refractivity contribution in [3.05, 3.63) is 58.6 Å².